The fraction of sp³-hybridized carbons (Fsp3) is 0.200. The van der Waals surface area contributed by atoms with Crippen LogP contribution in [-0.4, -0.2) is 6.04 Å². The highest BCUT2D eigenvalue weighted by molar-refractivity contribution is 9.10. The first-order chi connectivity index (χ1) is 8.65. The number of benzene rings is 2. The van der Waals surface area contributed by atoms with Crippen molar-refractivity contribution in [1.82, 2.24) is 0 Å². The van der Waals surface area contributed by atoms with Gasteiger partial charge in [-0.05, 0) is 42.2 Å². The van der Waals surface area contributed by atoms with Gasteiger partial charge in [-0.1, -0.05) is 46.3 Å². The molecule has 0 aliphatic rings. The van der Waals surface area contributed by atoms with Gasteiger partial charge in [0.1, 0.15) is 5.82 Å². The Hall–Kier alpha value is -1.19. The van der Waals surface area contributed by atoms with Crippen LogP contribution >= 0.6 is 15.9 Å². The molecule has 3 heteroatoms. The van der Waals surface area contributed by atoms with Crippen LogP contribution in [0.3, 0.4) is 0 Å². The Bertz CT molecular complexity index is 510. The number of halogens is 2. The molecule has 0 aliphatic carbocycles. The average molecular weight is 308 g/mol. The van der Waals surface area contributed by atoms with Crippen LogP contribution < -0.4 is 5.73 Å². The molecule has 0 saturated carbocycles. The molecule has 0 heterocycles. The van der Waals surface area contributed by atoms with Gasteiger partial charge >= 0.3 is 0 Å². The first kappa shape index (κ1) is 13.2. The number of nitrogens with two attached hydrogens (primary N) is 1. The Morgan fingerprint density at radius 1 is 1.00 bits per heavy atom. The molecule has 0 bridgehead atoms. The molecule has 2 aromatic rings. The minimum atomic E-state index is -0.210. The smallest absolute Gasteiger partial charge is 0.123 e. The summed E-state index contributed by atoms with van der Waals surface area (Å²) in [5.41, 5.74) is 8.40. The zero-order valence-electron chi connectivity index (χ0n) is 9.94. The fourth-order valence-electron chi connectivity index (χ4n) is 1.94. The molecule has 0 amide bonds. The van der Waals surface area contributed by atoms with Crippen LogP contribution in [0.15, 0.2) is 53.0 Å². The molecule has 0 spiro atoms. The van der Waals surface area contributed by atoms with Gasteiger partial charge in [0.05, 0.1) is 0 Å². The number of hydrogen-bond acceptors (Lipinski definition) is 1. The minimum absolute atomic E-state index is 0.0363. The second-order valence-electron chi connectivity index (χ2n) is 4.39. The molecule has 2 aromatic carbocycles. The molecule has 0 aromatic heterocycles. The third kappa shape index (κ3) is 3.65. The molecule has 0 radical (unpaired) electrons. The summed E-state index contributed by atoms with van der Waals surface area (Å²) in [7, 11) is 0. The Morgan fingerprint density at radius 2 is 1.67 bits per heavy atom. The molecule has 1 atom stereocenters. The molecule has 0 fully saturated rings. The summed E-state index contributed by atoms with van der Waals surface area (Å²) in [5.74, 6) is -0.210. The molecule has 1 nitrogen and oxygen atoms in total. The Morgan fingerprint density at radius 3 is 2.33 bits per heavy atom. The van der Waals surface area contributed by atoms with E-state index in [1.807, 2.05) is 18.2 Å². The maximum Gasteiger partial charge on any atom is 0.123 e. The molecule has 0 saturated heterocycles. The summed E-state index contributed by atoms with van der Waals surface area (Å²) < 4.78 is 13.9. The average Bonchev–Trinajstić information content (AvgIpc) is 2.35. The molecule has 2 N–H and O–H groups in total. The number of rotatable bonds is 4. The van der Waals surface area contributed by atoms with Crippen molar-refractivity contribution in [2.24, 2.45) is 5.73 Å². The molecular weight excluding hydrogens is 293 g/mol. The fourth-order valence-corrected chi connectivity index (χ4v) is 2.39. The third-order valence-corrected chi connectivity index (χ3v) is 3.62. The van der Waals surface area contributed by atoms with Crippen molar-refractivity contribution in [2.45, 2.75) is 18.9 Å². The topological polar surface area (TPSA) is 26.0 Å². The molecular formula is C15H15BrFN. The summed E-state index contributed by atoms with van der Waals surface area (Å²) in [4.78, 5) is 0. The molecule has 94 valence electrons. The summed E-state index contributed by atoms with van der Waals surface area (Å²) in [6.45, 7) is 0. The van der Waals surface area contributed by atoms with Gasteiger partial charge in [0.2, 0.25) is 0 Å². The van der Waals surface area contributed by atoms with Gasteiger partial charge in [-0.2, -0.15) is 0 Å². The first-order valence-electron chi connectivity index (χ1n) is 5.88. The van der Waals surface area contributed by atoms with Crippen molar-refractivity contribution in [1.29, 1.82) is 0 Å². The normalized spacial score (nSPS) is 12.4. The minimum Gasteiger partial charge on any atom is -0.327 e. The van der Waals surface area contributed by atoms with Crippen LogP contribution in [0.5, 0.6) is 0 Å². The van der Waals surface area contributed by atoms with Gasteiger partial charge < -0.3 is 5.73 Å². The number of hydrogen-bond donors (Lipinski definition) is 1. The summed E-state index contributed by atoms with van der Waals surface area (Å²) >= 11 is 3.51. The quantitative estimate of drug-likeness (QED) is 0.915. The SMILES string of the molecule is NC(Cc1ccc(F)cc1)Cc1ccccc1Br. The maximum absolute atomic E-state index is 12.8. The Kier molecular flexibility index (Phi) is 4.50. The van der Waals surface area contributed by atoms with Crippen LogP contribution in [0, 0.1) is 5.82 Å². The van der Waals surface area contributed by atoms with Crippen molar-refractivity contribution >= 4 is 15.9 Å². The van der Waals surface area contributed by atoms with Crippen LogP contribution in [0.25, 0.3) is 0 Å². The van der Waals surface area contributed by atoms with E-state index in [2.05, 4.69) is 22.0 Å². The molecule has 18 heavy (non-hydrogen) atoms. The second-order valence-corrected chi connectivity index (χ2v) is 5.24. The molecule has 0 aliphatic heterocycles. The van der Waals surface area contributed by atoms with Crippen molar-refractivity contribution in [2.75, 3.05) is 0 Å². The van der Waals surface area contributed by atoms with E-state index < -0.39 is 0 Å². The van der Waals surface area contributed by atoms with E-state index >= 15 is 0 Å². The van der Waals surface area contributed by atoms with Gasteiger partial charge in [0.15, 0.2) is 0 Å². The predicted molar refractivity (Wildman–Crippen MR) is 75.9 cm³/mol. The summed E-state index contributed by atoms with van der Waals surface area (Å²) in [6.07, 6.45) is 1.56. The maximum atomic E-state index is 12.8. The molecule has 2 rings (SSSR count). The predicted octanol–water partition coefficient (Wildman–Crippen LogP) is 3.70. The monoisotopic (exact) mass is 307 g/mol. The van der Waals surface area contributed by atoms with Crippen molar-refractivity contribution in [3.05, 3.63) is 69.9 Å². The van der Waals surface area contributed by atoms with E-state index in [9.17, 15) is 4.39 Å². The first-order valence-corrected chi connectivity index (χ1v) is 6.68. The third-order valence-electron chi connectivity index (χ3n) is 2.85. The van der Waals surface area contributed by atoms with Crippen molar-refractivity contribution < 1.29 is 4.39 Å². The van der Waals surface area contributed by atoms with Gasteiger partial charge in [-0.25, -0.2) is 4.39 Å². The van der Waals surface area contributed by atoms with E-state index in [-0.39, 0.29) is 11.9 Å². The lowest BCUT2D eigenvalue weighted by atomic mass is 10.00. The summed E-state index contributed by atoms with van der Waals surface area (Å²) in [6, 6.07) is 14.6. The van der Waals surface area contributed by atoms with Crippen molar-refractivity contribution in [3.8, 4) is 0 Å². The van der Waals surface area contributed by atoms with Gasteiger partial charge in [0.25, 0.3) is 0 Å². The molecule has 1 unspecified atom stereocenters. The van der Waals surface area contributed by atoms with E-state index in [0.29, 0.717) is 0 Å². The van der Waals surface area contributed by atoms with E-state index in [1.54, 1.807) is 12.1 Å². The zero-order chi connectivity index (χ0) is 13.0. The highest BCUT2D eigenvalue weighted by Crippen LogP contribution is 2.18. The Balaban J connectivity index is 1.99. The summed E-state index contributed by atoms with van der Waals surface area (Å²) in [5, 5.41) is 0. The lowest BCUT2D eigenvalue weighted by Crippen LogP contribution is -2.25. The van der Waals surface area contributed by atoms with Gasteiger partial charge in [-0.3, -0.25) is 0 Å². The highest BCUT2D eigenvalue weighted by atomic mass is 79.9. The van der Waals surface area contributed by atoms with E-state index in [4.69, 9.17) is 5.73 Å². The van der Waals surface area contributed by atoms with Gasteiger partial charge in [0, 0.05) is 10.5 Å². The second kappa shape index (κ2) is 6.12. The van der Waals surface area contributed by atoms with Gasteiger partial charge in [-0.15, -0.1) is 0 Å². The van der Waals surface area contributed by atoms with Crippen molar-refractivity contribution in [3.63, 3.8) is 0 Å². The zero-order valence-corrected chi connectivity index (χ0v) is 11.5. The standard InChI is InChI=1S/C15H15BrFN/c16-15-4-2-1-3-12(15)10-14(18)9-11-5-7-13(17)8-6-11/h1-8,14H,9-10,18H2. The van der Waals surface area contributed by atoms with Crippen LogP contribution in [-0.2, 0) is 12.8 Å². The van der Waals surface area contributed by atoms with Crippen LogP contribution in [0.2, 0.25) is 0 Å². The largest absolute Gasteiger partial charge is 0.327 e. The van der Waals surface area contributed by atoms with E-state index in [1.165, 1.54) is 17.7 Å². The van der Waals surface area contributed by atoms with E-state index in [0.717, 1.165) is 22.9 Å². The van der Waals surface area contributed by atoms with Crippen LogP contribution in [0.1, 0.15) is 11.1 Å². The van der Waals surface area contributed by atoms with Crippen LogP contribution in [0.4, 0.5) is 4.39 Å². The lowest BCUT2D eigenvalue weighted by molar-refractivity contribution is 0.623. The Labute approximate surface area is 115 Å². The lowest BCUT2D eigenvalue weighted by Gasteiger charge is -2.13. The highest BCUT2D eigenvalue weighted by Gasteiger charge is 2.07.